The van der Waals surface area contributed by atoms with E-state index in [2.05, 4.69) is 20.6 Å². The maximum absolute atomic E-state index is 13.6. The molecule has 2 aliphatic rings. The van der Waals surface area contributed by atoms with Gasteiger partial charge in [0.15, 0.2) is 5.82 Å². The molecule has 0 radical (unpaired) electrons. The van der Waals surface area contributed by atoms with Crippen LogP contribution in [0, 0.1) is 5.82 Å². The molecule has 0 unspecified atom stereocenters. The van der Waals surface area contributed by atoms with E-state index in [0.717, 1.165) is 32.2 Å². The molecule has 1 aliphatic heterocycles. The van der Waals surface area contributed by atoms with E-state index in [4.69, 9.17) is 0 Å². The molecule has 1 atom stereocenters. The van der Waals surface area contributed by atoms with Crippen LogP contribution in [0.15, 0.2) is 18.2 Å². The summed E-state index contributed by atoms with van der Waals surface area (Å²) in [4.78, 5) is 7.81. The summed E-state index contributed by atoms with van der Waals surface area (Å²) in [6.07, 6.45) is 2.56. The van der Waals surface area contributed by atoms with Crippen LogP contribution >= 0.6 is 0 Å². The topological polar surface area (TPSA) is 49.8 Å². The van der Waals surface area contributed by atoms with Crippen molar-refractivity contribution in [2.45, 2.75) is 50.1 Å². The molecule has 1 aromatic carbocycles. The Morgan fingerprint density at radius 3 is 2.79 bits per heavy atom. The lowest BCUT2D eigenvalue weighted by Crippen LogP contribution is -2.58. The lowest BCUT2D eigenvalue weighted by molar-refractivity contribution is 0.134. The van der Waals surface area contributed by atoms with Crippen LogP contribution in [0.3, 0.4) is 0 Å². The molecule has 7 heteroatoms. The number of nitrogens with one attached hydrogen (secondary N) is 2. The van der Waals surface area contributed by atoms with Crippen LogP contribution in [0.2, 0.25) is 0 Å². The fourth-order valence-electron chi connectivity index (χ4n) is 3.78. The molecule has 4 nitrogen and oxygen atoms in total. The quantitative estimate of drug-likeness (QED) is 0.895. The third kappa shape index (κ3) is 2.81. The summed E-state index contributed by atoms with van der Waals surface area (Å²) in [5.41, 5.74) is 0.506. The molecule has 2 aromatic rings. The maximum Gasteiger partial charge on any atom is 0.297 e. The van der Waals surface area contributed by atoms with Gasteiger partial charge in [-0.3, -0.25) is 0 Å². The van der Waals surface area contributed by atoms with Gasteiger partial charge in [0.1, 0.15) is 11.6 Å². The van der Waals surface area contributed by atoms with Crippen LogP contribution < -0.4 is 10.6 Å². The average Bonchev–Trinajstić information content (AvgIpc) is 2.54. The van der Waals surface area contributed by atoms with Gasteiger partial charge in [0.05, 0.1) is 5.52 Å². The third-order valence-electron chi connectivity index (χ3n) is 5.15. The summed E-state index contributed by atoms with van der Waals surface area (Å²) < 4.78 is 39.8. The Balaban J connectivity index is 1.67. The smallest absolute Gasteiger partial charge is 0.297 e. The Labute approximate surface area is 137 Å². The second-order valence-corrected chi connectivity index (χ2v) is 6.79. The number of hydrogen-bond donors (Lipinski definition) is 2. The van der Waals surface area contributed by atoms with Crippen molar-refractivity contribution in [2.75, 3.05) is 11.9 Å². The molecule has 128 valence electrons. The van der Waals surface area contributed by atoms with Crippen LogP contribution in [-0.4, -0.2) is 28.1 Å². The van der Waals surface area contributed by atoms with Crippen LogP contribution in [-0.2, 0) is 0 Å². The lowest BCUT2D eigenvalue weighted by atomic mass is 9.70. The van der Waals surface area contributed by atoms with Gasteiger partial charge in [-0.05, 0) is 56.8 Å². The van der Waals surface area contributed by atoms with E-state index in [1.807, 2.05) is 0 Å². The van der Waals surface area contributed by atoms with Crippen molar-refractivity contribution in [1.29, 1.82) is 0 Å². The zero-order chi connectivity index (χ0) is 16.7. The lowest BCUT2D eigenvalue weighted by Gasteiger charge is -2.48. The Hall–Kier alpha value is -1.89. The first-order chi connectivity index (χ1) is 11.5. The van der Waals surface area contributed by atoms with Crippen molar-refractivity contribution >= 4 is 16.7 Å². The number of aromatic nitrogens is 2. The summed E-state index contributed by atoms with van der Waals surface area (Å²) in [6, 6.07) is 4.08. The van der Waals surface area contributed by atoms with Crippen LogP contribution in [0.5, 0.6) is 0 Å². The molecule has 2 N–H and O–H groups in total. The van der Waals surface area contributed by atoms with E-state index in [1.165, 1.54) is 24.6 Å². The number of benzene rings is 1. The second-order valence-electron chi connectivity index (χ2n) is 6.79. The van der Waals surface area contributed by atoms with E-state index >= 15 is 0 Å². The molecule has 4 rings (SSSR count). The number of hydrogen-bond acceptors (Lipinski definition) is 4. The summed E-state index contributed by atoms with van der Waals surface area (Å²) in [5, 5.41) is 7.29. The Kier molecular flexibility index (Phi) is 3.83. The summed E-state index contributed by atoms with van der Waals surface area (Å²) in [6.45, 7) is 0.886. The van der Waals surface area contributed by atoms with Gasteiger partial charge in [-0.15, -0.1) is 0 Å². The summed E-state index contributed by atoms with van der Waals surface area (Å²) in [7, 11) is 0. The van der Waals surface area contributed by atoms with Crippen molar-refractivity contribution in [2.24, 2.45) is 0 Å². The minimum absolute atomic E-state index is 0.137. The highest BCUT2D eigenvalue weighted by Gasteiger charge is 2.41. The van der Waals surface area contributed by atoms with E-state index in [0.29, 0.717) is 16.7 Å². The van der Waals surface area contributed by atoms with Crippen LogP contribution in [0.25, 0.3) is 10.9 Å². The standard InChI is InChI=1S/C17H19F3N4/c18-10-2-3-13-12(8-10)15(24-16(23-13)14(19)20)22-11-4-7-21-17(9-11)5-1-6-17/h2-3,8,11,14,21H,1,4-7,9H2,(H,22,23,24)/t11-/m0/s1. The molecule has 1 aromatic heterocycles. The normalized spacial score (nSPS) is 22.8. The largest absolute Gasteiger partial charge is 0.367 e. The van der Waals surface area contributed by atoms with Gasteiger partial charge >= 0.3 is 0 Å². The summed E-state index contributed by atoms with van der Waals surface area (Å²) >= 11 is 0. The van der Waals surface area contributed by atoms with Crippen LogP contribution in [0.4, 0.5) is 19.0 Å². The Morgan fingerprint density at radius 2 is 2.08 bits per heavy atom. The molecular weight excluding hydrogens is 317 g/mol. The molecule has 2 fully saturated rings. The highest BCUT2D eigenvalue weighted by Crippen LogP contribution is 2.39. The zero-order valence-electron chi connectivity index (χ0n) is 13.2. The summed E-state index contributed by atoms with van der Waals surface area (Å²) in [5.74, 6) is -0.653. The number of halogens is 3. The number of fused-ring (bicyclic) bond motifs is 1. The SMILES string of the molecule is Fc1ccc2nc(C(F)F)nc(N[C@H]3CCNC4(CCC4)C3)c2c1. The van der Waals surface area contributed by atoms with Crippen molar-refractivity contribution in [3.63, 3.8) is 0 Å². The van der Waals surface area contributed by atoms with Gasteiger partial charge < -0.3 is 10.6 Å². The molecule has 24 heavy (non-hydrogen) atoms. The predicted molar refractivity (Wildman–Crippen MR) is 85.7 cm³/mol. The van der Waals surface area contributed by atoms with E-state index < -0.39 is 18.1 Å². The minimum atomic E-state index is -2.76. The van der Waals surface area contributed by atoms with Crippen molar-refractivity contribution in [3.05, 3.63) is 29.8 Å². The third-order valence-corrected chi connectivity index (χ3v) is 5.15. The van der Waals surface area contributed by atoms with E-state index in [-0.39, 0.29) is 11.6 Å². The average molecular weight is 336 g/mol. The van der Waals surface area contributed by atoms with Gasteiger partial charge in [-0.2, -0.15) is 0 Å². The Morgan fingerprint density at radius 1 is 1.25 bits per heavy atom. The highest BCUT2D eigenvalue weighted by atomic mass is 19.3. The van der Waals surface area contributed by atoms with Crippen molar-refractivity contribution < 1.29 is 13.2 Å². The molecule has 0 amide bonds. The zero-order valence-corrected chi connectivity index (χ0v) is 13.2. The molecule has 1 spiro atoms. The van der Waals surface area contributed by atoms with E-state index in [1.54, 1.807) is 0 Å². The molecule has 1 saturated carbocycles. The number of piperidine rings is 1. The fraction of sp³-hybridized carbons (Fsp3) is 0.529. The first-order valence-corrected chi connectivity index (χ1v) is 8.32. The number of anilines is 1. The van der Waals surface area contributed by atoms with Gasteiger partial charge in [0.2, 0.25) is 0 Å². The second kappa shape index (κ2) is 5.88. The maximum atomic E-state index is 13.6. The van der Waals surface area contributed by atoms with Crippen molar-refractivity contribution in [3.8, 4) is 0 Å². The molecule has 1 aliphatic carbocycles. The van der Waals surface area contributed by atoms with Crippen LogP contribution in [0.1, 0.15) is 44.4 Å². The van der Waals surface area contributed by atoms with Gasteiger partial charge in [0, 0.05) is 17.0 Å². The molecule has 1 saturated heterocycles. The monoisotopic (exact) mass is 336 g/mol. The van der Waals surface area contributed by atoms with Gasteiger partial charge in [-0.1, -0.05) is 0 Å². The molecule has 2 heterocycles. The van der Waals surface area contributed by atoms with Crippen molar-refractivity contribution in [1.82, 2.24) is 15.3 Å². The predicted octanol–water partition coefficient (Wildman–Crippen LogP) is 3.79. The molecule has 0 bridgehead atoms. The fourth-order valence-corrected chi connectivity index (χ4v) is 3.78. The highest BCUT2D eigenvalue weighted by molar-refractivity contribution is 5.89. The first kappa shape index (κ1) is 15.6. The number of nitrogens with zero attached hydrogens (tertiary/aromatic N) is 2. The van der Waals surface area contributed by atoms with Gasteiger partial charge in [0.25, 0.3) is 6.43 Å². The van der Waals surface area contributed by atoms with E-state index in [9.17, 15) is 13.2 Å². The Bertz CT molecular complexity index is 761. The first-order valence-electron chi connectivity index (χ1n) is 8.32. The minimum Gasteiger partial charge on any atom is -0.367 e. The number of alkyl halides is 2. The molecular formula is C17H19F3N4. The van der Waals surface area contributed by atoms with Gasteiger partial charge in [-0.25, -0.2) is 23.1 Å². The number of rotatable bonds is 3.